The predicted octanol–water partition coefficient (Wildman–Crippen LogP) is 1.56. The van der Waals surface area contributed by atoms with E-state index in [-0.39, 0.29) is 18.1 Å². The number of carbonyl (C=O) groups excluding carboxylic acids is 1. The highest BCUT2D eigenvalue weighted by Crippen LogP contribution is 2.19. The third kappa shape index (κ3) is 5.41. The van der Waals surface area contributed by atoms with Crippen LogP contribution in [-0.4, -0.2) is 44.6 Å². The normalized spacial score (nSPS) is 19.9. The summed E-state index contributed by atoms with van der Waals surface area (Å²) >= 11 is 0. The number of carbonyl (C=O) groups is 1. The van der Waals surface area contributed by atoms with Crippen molar-refractivity contribution in [1.29, 1.82) is 0 Å². The minimum Gasteiger partial charge on any atom is -0.372 e. The van der Waals surface area contributed by atoms with Gasteiger partial charge in [-0.3, -0.25) is 9.52 Å². The summed E-state index contributed by atoms with van der Waals surface area (Å²) in [7, 11) is -3.83. The standard InChI is InChI=1S/C18H23N5O4S/c1-12-10-23(11-13(2)27-12)17-8-3-14(9-20-17)18(24)21-15-4-6-16(7-5-15)22-28(19,25)26/h3-9,12-13,22H,10-11H2,1-2H3,(H,21,24)(H2,19,25,26). The van der Waals surface area contributed by atoms with Crippen molar-refractivity contribution in [1.82, 2.24) is 4.98 Å². The van der Waals surface area contributed by atoms with E-state index < -0.39 is 10.2 Å². The van der Waals surface area contributed by atoms with Crippen molar-refractivity contribution in [3.05, 3.63) is 48.2 Å². The Morgan fingerprint density at radius 1 is 1.11 bits per heavy atom. The first-order valence-corrected chi connectivity index (χ1v) is 10.3. The van der Waals surface area contributed by atoms with Gasteiger partial charge in [0, 0.05) is 30.7 Å². The van der Waals surface area contributed by atoms with Gasteiger partial charge in [-0.1, -0.05) is 0 Å². The maximum atomic E-state index is 12.4. The third-order valence-electron chi connectivity index (χ3n) is 4.16. The van der Waals surface area contributed by atoms with E-state index in [0.717, 1.165) is 18.9 Å². The first kappa shape index (κ1) is 20.1. The monoisotopic (exact) mass is 405 g/mol. The van der Waals surface area contributed by atoms with Crippen LogP contribution in [0.5, 0.6) is 0 Å². The number of amides is 1. The van der Waals surface area contributed by atoms with Crippen molar-refractivity contribution in [2.75, 3.05) is 28.0 Å². The van der Waals surface area contributed by atoms with Gasteiger partial charge in [0.2, 0.25) is 0 Å². The lowest BCUT2D eigenvalue weighted by atomic mass is 10.2. The van der Waals surface area contributed by atoms with Crippen LogP contribution in [0.15, 0.2) is 42.6 Å². The van der Waals surface area contributed by atoms with Gasteiger partial charge in [-0.25, -0.2) is 10.1 Å². The molecule has 1 fully saturated rings. The summed E-state index contributed by atoms with van der Waals surface area (Å²) in [6.45, 7) is 5.55. The third-order valence-corrected chi connectivity index (χ3v) is 4.68. The molecule has 0 spiro atoms. The van der Waals surface area contributed by atoms with E-state index in [4.69, 9.17) is 9.88 Å². The second-order valence-corrected chi connectivity index (χ2v) is 8.04. The molecule has 0 radical (unpaired) electrons. The number of hydrogen-bond donors (Lipinski definition) is 3. The molecule has 10 heteroatoms. The Labute approximate surface area is 164 Å². The lowest BCUT2D eigenvalue weighted by molar-refractivity contribution is -0.00546. The van der Waals surface area contributed by atoms with E-state index in [0.29, 0.717) is 16.9 Å². The number of ether oxygens (including phenoxy) is 1. The molecule has 0 aliphatic carbocycles. The zero-order chi connectivity index (χ0) is 20.3. The van der Waals surface area contributed by atoms with E-state index in [9.17, 15) is 13.2 Å². The predicted molar refractivity (Wildman–Crippen MR) is 108 cm³/mol. The fourth-order valence-corrected chi connectivity index (χ4v) is 3.53. The van der Waals surface area contributed by atoms with E-state index in [1.54, 1.807) is 18.2 Å². The van der Waals surface area contributed by atoms with Crippen molar-refractivity contribution in [3.8, 4) is 0 Å². The summed E-state index contributed by atoms with van der Waals surface area (Å²) in [5, 5.41) is 7.66. The first-order valence-electron chi connectivity index (χ1n) is 8.78. The summed E-state index contributed by atoms with van der Waals surface area (Å²) in [6, 6.07) is 9.69. The molecule has 1 amide bonds. The number of anilines is 3. The molecule has 2 unspecified atom stereocenters. The smallest absolute Gasteiger partial charge is 0.296 e. The molecule has 9 nitrogen and oxygen atoms in total. The Hall–Kier alpha value is -2.69. The zero-order valence-electron chi connectivity index (χ0n) is 15.6. The fraction of sp³-hybridized carbons (Fsp3) is 0.333. The Morgan fingerprint density at radius 3 is 2.25 bits per heavy atom. The topological polar surface area (TPSA) is 127 Å². The maximum absolute atomic E-state index is 12.4. The van der Waals surface area contributed by atoms with E-state index in [1.165, 1.54) is 18.3 Å². The number of pyridine rings is 1. The number of hydrogen-bond acceptors (Lipinski definition) is 6. The van der Waals surface area contributed by atoms with E-state index in [2.05, 4.69) is 19.9 Å². The molecule has 2 aromatic rings. The summed E-state index contributed by atoms with van der Waals surface area (Å²) in [6.07, 6.45) is 1.78. The molecule has 2 atom stereocenters. The molecule has 1 saturated heterocycles. The molecule has 4 N–H and O–H groups in total. The number of rotatable bonds is 5. The van der Waals surface area contributed by atoms with Crippen LogP contribution >= 0.6 is 0 Å². The highest BCUT2D eigenvalue weighted by molar-refractivity contribution is 7.90. The average molecular weight is 405 g/mol. The van der Waals surface area contributed by atoms with Crippen molar-refractivity contribution in [2.24, 2.45) is 5.14 Å². The molecule has 3 rings (SSSR count). The van der Waals surface area contributed by atoms with Crippen LogP contribution in [0.4, 0.5) is 17.2 Å². The summed E-state index contributed by atoms with van der Waals surface area (Å²) in [4.78, 5) is 18.9. The van der Waals surface area contributed by atoms with Gasteiger partial charge in [-0.05, 0) is 50.2 Å². The SMILES string of the molecule is CC1CN(c2ccc(C(=O)Nc3ccc(NS(N)(=O)=O)cc3)cn2)CC(C)O1. The highest BCUT2D eigenvalue weighted by atomic mass is 32.2. The number of benzene rings is 1. The van der Waals surface area contributed by atoms with Gasteiger partial charge in [0.25, 0.3) is 16.1 Å². The number of aromatic nitrogens is 1. The quantitative estimate of drug-likeness (QED) is 0.693. The number of nitrogens with two attached hydrogens (primary N) is 1. The Morgan fingerprint density at radius 2 is 1.71 bits per heavy atom. The molecule has 1 aromatic carbocycles. The van der Waals surface area contributed by atoms with E-state index >= 15 is 0 Å². The van der Waals surface area contributed by atoms with Crippen LogP contribution in [-0.2, 0) is 14.9 Å². The van der Waals surface area contributed by atoms with Crippen LogP contribution < -0.4 is 20.1 Å². The lowest BCUT2D eigenvalue weighted by Crippen LogP contribution is -2.45. The van der Waals surface area contributed by atoms with Crippen LogP contribution in [0.2, 0.25) is 0 Å². The van der Waals surface area contributed by atoms with Gasteiger partial charge >= 0.3 is 0 Å². The van der Waals surface area contributed by atoms with Gasteiger partial charge < -0.3 is 15.0 Å². The molecular formula is C18H23N5O4S. The van der Waals surface area contributed by atoms with Crippen molar-refractivity contribution < 1.29 is 17.9 Å². The molecular weight excluding hydrogens is 382 g/mol. The Kier molecular flexibility index (Phi) is 5.82. The average Bonchev–Trinajstić information content (AvgIpc) is 2.61. The molecule has 0 bridgehead atoms. The zero-order valence-corrected chi connectivity index (χ0v) is 16.4. The summed E-state index contributed by atoms with van der Waals surface area (Å²) in [5.41, 5.74) is 1.25. The number of nitrogens with zero attached hydrogens (tertiary/aromatic N) is 2. The first-order chi connectivity index (χ1) is 13.2. The summed E-state index contributed by atoms with van der Waals surface area (Å²) < 4.78 is 29.9. The lowest BCUT2D eigenvalue weighted by Gasteiger charge is -2.36. The fourth-order valence-electron chi connectivity index (χ4n) is 3.06. The maximum Gasteiger partial charge on any atom is 0.296 e. The second kappa shape index (κ2) is 8.13. The molecule has 1 aliphatic heterocycles. The minimum atomic E-state index is -3.83. The molecule has 1 aromatic heterocycles. The molecule has 28 heavy (non-hydrogen) atoms. The van der Waals surface area contributed by atoms with Gasteiger partial charge in [0.1, 0.15) is 5.82 Å². The number of nitrogens with one attached hydrogen (secondary N) is 2. The molecule has 150 valence electrons. The van der Waals surface area contributed by atoms with Crippen molar-refractivity contribution in [3.63, 3.8) is 0 Å². The van der Waals surface area contributed by atoms with Crippen molar-refractivity contribution in [2.45, 2.75) is 26.1 Å². The van der Waals surface area contributed by atoms with Crippen LogP contribution in [0, 0.1) is 0 Å². The molecule has 2 heterocycles. The van der Waals surface area contributed by atoms with Crippen LogP contribution in [0.3, 0.4) is 0 Å². The number of morpholine rings is 1. The van der Waals surface area contributed by atoms with Gasteiger partial charge in [0.15, 0.2) is 0 Å². The van der Waals surface area contributed by atoms with Gasteiger partial charge in [-0.2, -0.15) is 8.42 Å². The largest absolute Gasteiger partial charge is 0.372 e. The Balaban J connectivity index is 1.63. The van der Waals surface area contributed by atoms with Crippen LogP contribution in [0.25, 0.3) is 0 Å². The van der Waals surface area contributed by atoms with Crippen molar-refractivity contribution >= 4 is 33.3 Å². The highest BCUT2D eigenvalue weighted by Gasteiger charge is 2.23. The Bertz CT molecular complexity index is 921. The van der Waals surface area contributed by atoms with E-state index in [1.807, 2.05) is 19.9 Å². The molecule has 0 saturated carbocycles. The summed E-state index contributed by atoms with van der Waals surface area (Å²) in [5.74, 6) is 0.492. The second-order valence-electron chi connectivity index (χ2n) is 6.75. The minimum absolute atomic E-state index is 0.125. The molecule has 1 aliphatic rings. The van der Waals surface area contributed by atoms with Gasteiger partial charge in [-0.15, -0.1) is 0 Å². The van der Waals surface area contributed by atoms with Crippen LogP contribution in [0.1, 0.15) is 24.2 Å². The van der Waals surface area contributed by atoms with Gasteiger partial charge in [0.05, 0.1) is 17.8 Å².